The number of nitrogen functional groups attached to an aromatic ring is 1. The third-order valence-electron chi connectivity index (χ3n) is 2.71. The number of carbonyl (C=O) groups excluding carboxylic acids is 1. The van der Waals surface area contributed by atoms with Crippen molar-refractivity contribution in [3.8, 4) is 0 Å². The first kappa shape index (κ1) is 15.2. The number of amides is 1. The van der Waals surface area contributed by atoms with Crippen molar-refractivity contribution in [2.45, 2.75) is 6.54 Å². The largest absolute Gasteiger partial charge is 0.383 e. The molecule has 0 aliphatic carbocycles. The Morgan fingerprint density at radius 2 is 2.29 bits per heavy atom. The van der Waals surface area contributed by atoms with Gasteiger partial charge >= 0.3 is 0 Å². The van der Waals surface area contributed by atoms with Crippen molar-refractivity contribution < 1.29 is 9.72 Å². The zero-order valence-corrected chi connectivity index (χ0v) is 12.5. The first-order chi connectivity index (χ1) is 9.88. The number of nitrogens with zero attached hydrogens (tertiary/aromatic N) is 3. The molecule has 110 valence electrons. The van der Waals surface area contributed by atoms with Crippen LogP contribution in [0.1, 0.15) is 15.2 Å². The lowest BCUT2D eigenvalue weighted by atomic mass is 10.2. The monoisotopic (exact) mass is 326 g/mol. The zero-order chi connectivity index (χ0) is 15.6. The predicted molar refractivity (Wildman–Crippen MR) is 80.4 cm³/mol. The fourth-order valence-electron chi connectivity index (χ4n) is 1.68. The average molecular weight is 327 g/mol. The van der Waals surface area contributed by atoms with Gasteiger partial charge in [0.25, 0.3) is 11.6 Å². The molecule has 1 amide bonds. The maximum atomic E-state index is 12.3. The molecule has 2 heterocycles. The summed E-state index contributed by atoms with van der Waals surface area (Å²) in [5.41, 5.74) is 5.36. The van der Waals surface area contributed by atoms with Crippen molar-refractivity contribution in [3.05, 3.63) is 49.3 Å². The summed E-state index contributed by atoms with van der Waals surface area (Å²) in [4.78, 5) is 28.4. The molecule has 0 fully saturated rings. The molecular formula is C12H11ClN4O3S. The van der Waals surface area contributed by atoms with Gasteiger partial charge in [-0.25, -0.2) is 4.98 Å². The Morgan fingerprint density at radius 1 is 1.57 bits per heavy atom. The molecule has 0 saturated heterocycles. The summed E-state index contributed by atoms with van der Waals surface area (Å²) in [7, 11) is 1.58. The number of nitro groups is 1. The van der Waals surface area contributed by atoms with Gasteiger partial charge in [0.15, 0.2) is 0 Å². The molecule has 0 atom stereocenters. The number of anilines is 1. The molecule has 0 bridgehead atoms. The van der Waals surface area contributed by atoms with Crippen LogP contribution < -0.4 is 5.73 Å². The maximum Gasteiger partial charge on any atom is 0.288 e. The molecule has 21 heavy (non-hydrogen) atoms. The van der Waals surface area contributed by atoms with Crippen molar-refractivity contribution in [2.24, 2.45) is 0 Å². The smallest absolute Gasteiger partial charge is 0.288 e. The fourth-order valence-corrected chi connectivity index (χ4v) is 2.82. The highest BCUT2D eigenvalue weighted by molar-refractivity contribution is 7.16. The lowest BCUT2D eigenvalue weighted by Crippen LogP contribution is -2.27. The Morgan fingerprint density at radius 3 is 2.86 bits per heavy atom. The summed E-state index contributed by atoms with van der Waals surface area (Å²) in [5, 5.41) is 10.7. The number of thiophene rings is 1. The molecule has 2 aromatic rings. The van der Waals surface area contributed by atoms with Crippen LogP contribution in [0, 0.1) is 10.1 Å². The molecule has 2 N–H and O–H groups in total. The van der Waals surface area contributed by atoms with Crippen LogP contribution in [-0.2, 0) is 6.54 Å². The molecule has 2 aromatic heterocycles. The van der Waals surface area contributed by atoms with E-state index in [-0.39, 0.29) is 17.1 Å². The lowest BCUT2D eigenvalue weighted by Gasteiger charge is -2.16. The molecule has 0 saturated carbocycles. The molecule has 0 radical (unpaired) electrons. The Labute approximate surface area is 129 Å². The van der Waals surface area contributed by atoms with Crippen molar-refractivity contribution >= 4 is 40.4 Å². The standard InChI is InChI=1S/C12H11ClN4O3S/c1-16(6-8-2-3-10(13)21-8)12(18)9-4-7(17(19)20)5-15-11(9)14/h2-5H,6H2,1H3,(H2,14,15). The van der Waals surface area contributed by atoms with Crippen molar-refractivity contribution in [2.75, 3.05) is 12.8 Å². The van der Waals surface area contributed by atoms with Gasteiger partial charge in [-0.3, -0.25) is 14.9 Å². The minimum atomic E-state index is -0.623. The van der Waals surface area contributed by atoms with Crippen molar-refractivity contribution in [1.29, 1.82) is 0 Å². The molecular weight excluding hydrogens is 316 g/mol. The normalized spacial score (nSPS) is 10.4. The van der Waals surface area contributed by atoms with E-state index in [0.29, 0.717) is 10.9 Å². The first-order valence-electron chi connectivity index (χ1n) is 5.78. The van der Waals surface area contributed by atoms with Crippen LogP contribution in [0.25, 0.3) is 0 Å². The number of carbonyl (C=O) groups is 1. The quantitative estimate of drug-likeness (QED) is 0.687. The first-order valence-corrected chi connectivity index (χ1v) is 6.97. The van der Waals surface area contributed by atoms with Gasteiger partial charge in [-0.2, -0.15) is 0 Å². The van der Waals surface area contributed by atoms with E-state index in [9.17, 15) is 14.9 Å². The van der Waals surface area contributed by atoms with Gasteiger partial charge in [-0.15, -0.1) is 11.3 Å². The van der Waals surface area contributed by atoms with Crippen LogP contribution >= 0.6 is 22.9 Å². The highest BCUT2D eigenvalue weighted by Crippen LogP contribution is 2.24. The number of aromatic nitrogens is 1. The van der Waals surface area contributed by atoms with Gasteiger partial charge in [-0.05, 0) is 12.1 Å². The summed E-state index contributed by atoms with van der Waals surface area (Å²) in [6.07, 6.45) is 1.02. The summed E-state index contributed by atoms with van der Waals surface area (Å²) in [5.74, 6) is -0.477. The van der Waals surface area contributed by atoms with Crippen LogP contribution in [0.5, 0.6) is 0 Å². The van der Waals surface area contributed by atoms with Gasteiger partial charge in [-0.1, -0.05) is 11.6 Å². The molecule has 0 aliphatic heterocycles. The van der Waals surface area contributed by atoms with Crippen LogP contribution in [0.15, 0.2) is 24.4 Å². The second-order valence-electron chi connectivity index (χ2n) is 4.25. The Balaban J connectivity index is 2.22. The summed E-state index contributed by atoms with van der Waals surface area (Å²) < 4.78 is 0.627. The van der Waals surface area contributed by atoms with E-state index in [2.05, 4.69) is 4.98 Å². The number of halogens is 1. The number of rotatable bonds is 4. The molecule has 0 aromatic carbocycles. The minimum Gasteiger partial charge on any atom is -0.383 e. The summed E-state index contributed by atoms with van der Waals surface area (Å²) in [6.45, 7) is 0.332. The average Bonchev–Trinajstić information content (AvgIpc) is 2.83. The highest BCUT2D eigenvalue weighted by atomic mass is 35.5. The molecule has 0 spiro atoms. The van der Waals surface area contributed by atoms with E-state index < -0.39 is 10.8 Å². The number of hydrogen-bond acceptors (Lipinski definition) is 6. The van der Waals surface area contributed by atoms with E-state index in [0.717, 1.165) is 17.1 Å². The summed E-state index contributed by atoms with van der Waals surface area (Å²) in [6, 6.07) is 4.68. The molecule has 0 unspecified atom stereocenters. The Bertz CT molecular complexity index is 704. The highest BCUT2D eigenvalue weighted by Gasteiger charge is 2.20. The lowest BCUT2D eigenvalue weighted by molar-refractivity contribution is -0.385. The van der Waals surface area contributed by atoms with Gasteiger partial charge in [0, 0.05) is 18.0 Å². The van der Waals surface area contributed by atoms with E-state index in [4.69, 9.17) is 17.3 Å². The number of pyridine rings is 1. The second kappa shape index (κ2) is 6.06. The van der Waals surface area contributed by atoms with Crippen LogP contribution in [0.4, 0.5) is 11.5 Å². The SMILES string of the molecule is CN(Cc1ccc(Cl)s1)C(=O)c1cc([N+](=O)[O-])cnc1N. The zero-order valence-electron chi connectivity index (χ0n) is 10.9. The third-order valence-corrected chi connectivity index (χ3v) is 3.93. The van der Waals surface area contributed by atoms with Crippen molar-refractivity contribution in [1.82, 2.24) is 9.88 Å². The Hall–Kier alpha value is -2.19. The van der Waals surface area contributed by atoms with Gasteiger partial charge in [0.1, 0.15) is 12.0 Å². The second-order valence-corrected chi connectivity index (χ2v) is 6.05. The minimum absolute atomic E-state index is 0.00866. The van der Waals surface area contributed by atoms with Crippen LogP contribution in [0.2, 0.25) is 4.34 Å². The van der Waals surface area contributed by atoms with Crippen LogP contribution in [0.3, 0.4) is 0 Å². The van der Waals surface area contributed by atoms with E-state index in [1.807, 2.05) is 6.07 Å². The fraction of sp³-hybridized carbons (Fsp3) is 0.167. The molecule has 2 rings (SSSR count). The van der Waals surface area contributed by atoms with Gasteiger partial charge in [0.05, 0.1) is 21.4 Å². The Kier molecular flexibility index (Phi) is 4.39. The van der Waals surface area contributed by atoms with Crippen LogP contribution in [-0.4, -0.2) is 27.8 Å². The van der Waals surface area contributed by atoms with E-state index >= 15 is 0 Å². The predicted octanol–water partition coefficient (Wildman–Crippen LogP) is 2.56. The topological polar surface area (TPSA) is 102 Å². The third kappa shape index (κ3) is 3.47. The van der Waals surface area contributed by atoms with E-state index in [1.54, 1.807) is 13.1 Å². The number of nitrogens with two attached hydrogens (primary N) is 1. The van der Waals surface area contributed by atoms with Gasteiger partial charge < -0.3 is 10.6 Å². The van der Waals surface area contributed by atoms with Crippen molar-refractivity contribution in [3.63, 3.8) is 0 Å². The number of hydrogen-bond donors (Lipinski definition) is 1. The molecule has 9 heteroatoms. The van der Waals surface area contributed by atoms with E-state index in [1.165, 1.54) is 16.2 Å². The van der Waals surface area contributed by atoms with Gasteiger partial charge in [0.2, 0.25) is 0 Å². The maximum absolute atomic E-state index is 12.3. The molecule has 0 aliphatic rings. The summed E-state index contributed by atoms with van der Waals surface area (Å²) >= 11 is 7.19. The molecule has 7 nitrogen and oxygen atoms in total.